The molecule has 31 heavy (non-hydrogen) atoms. The van der Waals surface area contributed by atoms with Gasteiger partial charge in [0.05, 0.1) is 15.7 Å². The summed E-state index contributed by atoms with van der Waals surface area (Å²) < 4.78 is 5.14. The van der Waals surface area contributed by atoms with Crippen LogP contribution in [-0.2, 0) is 16.0 Å². The summed E-state index contributed by atoms with van der Waals surface area (Å²) in [6.07, 6.45) is 0.00538. The molecule has 0 bridgehead atoms. The number of carbonyl (C=O) groups excluding carboxylic acids is 1. The lowest BCUT2D eigenvalue weighted by molar-refractivity contribution is -0.139. The predicted molar refractivity (Wildman–Crippen MR) is 125 cm³/mol. The zero-order valence-electron chi connectivity index (χ0n) is 18.1. The van der Waals surface area contributed by atoms with Gasteiger partial charge in [-0.2, -0.15) is 0 Å². The maximum absolute atomic E-state index is 11.9. The Hall–Kier alpha value is -2.03. The van der Waals surface area contributed by atoms with Gasteiger partial charge in [-0.3, -0.25) is 0 Å². The molecule has 0 saturated carbocycles. The van der Waals surface area contributed by atoms with Crippen LogP contribution in [0, 0.1) is 5.92 Å². The molecular formula is C21H27Cl2N3O4S. The summed E-state index contributed by atoms with van der Waals surface area (Å²) >= 11 is 13.6. The van der Waals surface area contributed by atoms with Crippen LogP contribution in [0.15, 0.2) is 18.2 Å². The number of anilines is 1. The molecule has 7 nitrogen and oxygen atoms in total. The smallest absolute Gasteiger partial charge is 0.408 e. The average Bonchev–Trinajstić information content (AvgIpc) is 3.01. The maximum atomic E-state index is 11.9. The van der Waals surface area contributed by atoms with E-state index in [9.17, 15) is 14.7 Å². The summed E-state index contributed by atoms with van der Waals surface area (Å²) in [5, 5.41) is 16.3. The van der Waals surface area contributed by atoms with Gasteiger partial charge >= 0.3 is 12.1 Å². The lowest BCUT2D eigenvalue weighted by Crippen LogP contribution is -2.47. The number of halogens is 2. The Morgan fingerprint density at radius 1 is 1.23 bits per heavy atom. The first kappa shape index (κ1) is 25.2. The van der Waals surface area contributed by atoms with E-state index in [0.717, 1.165) is 22.6 Å². The summed E-state index contributed by atoms with van der Waals surface area (Å²) in [6, 6.07) is 4.15. The topological polar surface area (TPSA) is 101 Å². The van der Waals surface area contributed by atoms with E-state index in [0.29, 0.717) is 21.1 Å². The number of ether oxygens (including phenoxy) is 1. The molecule has 1 aromatic heterocycles. The molecule has 170 valence electrons. The molecule has 0 aliphatic rings. The van der Waals surface area contributed by atoms with Gasteiger partial charge in [-0.15, -0.1) is 11.3 Å². The molecule has 0 aliphatic carbocycles. The molecule has 0 fully saturated rings. The summed E-state index contributed by atoms with van der Waals surface area (Å²) in [7, 11) is 0. The van der Waals surface area contributed by atoms with Crippen molar-refractivity contribution in [2.45, 2.75) is 52.7 Å². The van der Waals surface area contributed by atoms with E-state index in [-0.39, 0.29) is 6.54 Å². The number of alkyl carbamates (subject to hydrolysis) is 1. The van der Waals surface area contributed by atoms with Gasteiger partial charge in [0.25, 0.3) is 0 Å². The molecule has 2 rings (SSSR count). The number of carbonyl (C=O) groups is 2. The number of nitrogens with one attached hydrogen (secondary N) is 2. The van der Waals surface area contributed by atoms with Gasteiger partial charge in [0, 0.05) is 17.0 Å². The molecule has 1 atom stereocenters. The van der Waals surface area contributed by atoms with E-state index in [2.05, 4.69) is 29.5 Å². The van der Waals surface area contributed by atoms with Crippen LogP contribution in [0.1, 0.15) is 39.5 Å². The van der Waals surface area contributed by atoms with Gasteiger partial charge in [-0.05, 0) is 45.2 Å². The Kier molecular flexibility index (Phi) is 8.57. The van der Waals surface area contributed by atoms with Crippen molar-refractivity contribution in [1.82, 2.24) is 10.3 Å². The van der Waals surface area contributed by atoms with Crippen molar-refractivity contribution >= 4 is 51.7 Å². The standard InChI is InChI=1S/C21H27Cl2N3O4S/c1-11(2)8-16-17(12-6-7-13(22)14(23)9-12)26-19(31-16)24-10-15(18(27)28)25-20(29)30-21(3,4)5/h6-7,9,11,15H,8,10H2,1-5H3,(H,24,26)(H,25,29)(H,27,28). The van der Waals surface area contributed by atoms with E-state index < -0.39 is 23.7 Å². The van der Waals surface area contributed by atoms with Gasteiger partial charge < -0.3 is 20.5 Å². The molecule has 10 heteroatoms. The van der Waals surface area contributed by atoms with Crippen LogP contribution in [0.5, 0.6) is 0 Å². The van der Waals surface area contributed by atoms with E-state index in [1.165, 1.54) is 11.3 Å². The molecule has 1 unspecified atom stereocenters. The Balaban J connectivity index is 2.19. The Labute approximate surface area is 196 Å². The second-order valence-corrected chi connectivity index (χ2v) is 10.3. The lowest BCUT2D eigenvalue weighted by Gasteiger charge is -2.22. The highest BCUT2D eigenvalue weighted by Gasteiger charge is 2.24. The summed E-state index contributed by atoms with van der Waals surface area (Å²) in [6.45, 7) is 9.28. The van der Waals surface area contributed by atoms with Crippen LogP contribution in [0.25, 0.3) is 11.3 Å². The number of nitrogens with zero attached hydrogens (tertiary/aromatic N) is 1. The van der Waals surface area contributed by atoms with Crippen LogP contribution >= 0.6 is 34.5 Å². The van der Waals surface area contributed by atoms with Crippen LogP contribution in [0.3, 0.4) is 0 Å². The summed E-state index contributed by atoms with van der Waals surface area (Å²) in [5.74, 6) is -0.780. The molecule has 1 aromatic carbocycles. The highest BCUT2D eigenvalue weighted by Crippen LogP contribution is 2.35. The second-order valence-electron chi connectivity index (χ2n) is 8.44. The van der Waals surface area contributed by atoms with Crippen molar-refractivity contribution in [1.29, 1.82) is 0 Å². The van der Waals surface area contributed by atoms with Gasteiger partial charge in [0.15, 0.2) is 5.13 Å². The number of aliphatic carboxylic acids is 1. The fraction of sp³-hybridized carbons (Fsp3) is 0.476. The third-order valence-corrected chi connectivity index (χ3v) is 5.70. The fourth-order valence-electron chi connectivity index (χ4n) is 2.64. The number of hydrogen-bond donors (Lipinski definition) is 3. The molecule has 0 aliphatic heterocycles. The Bertz CT molecular complexity index is 941. The average molecular weight is 488 g/mol. The predicted octanol–water partition coefficient (Wildman–Crippen LogP) is 5.71. The zero-order chi connectivity index (χ0) is 23.3. The quantitative estimate of drug-likeness (QED) is 0.441. The number of hydrogen-bond acceptors (Lipinski definition) is 6. The highest BCUT2D eigenvalue weighted by molar-refractivity contribution is 7.16. The van der Waals surface area contributed by atoms with Gasteiger partial charge in [-0.1, -0.05) is 43.1 Å². The van der Waals surface area contributed by atoms with Crippen molar-refractivity contribution in [3.05, 3.63) is 33.1 Å². The molecule has 0 spiro atoms. The van der Waals surface area contributed by atoms with Crippen molar-refractivity contribution < 1.29 is 19.4 Å². The third-order valence-electron chi connectivity index (χ3n) is 3.93. The Morgan fingerprint density at radius 2 is 1.90 bits per heavy atom. The number of carboxylic acids is 1. The van der Waals surface area contributed by atoms with Crippen LogP contribution in [-0.4, -0.2) is 40.3 Å². The second kappa shape index (κ2) is 10.5. The highest BCUT2D eigenvalue weighted by atomic mass is 35.5. The molecule has 1 amide bonds. The van der Waals surface area contributed by atoms with Crippen LogP contribution < -0.4 is 10.6 Å². The van der Waals surface area contributed by atoms with Gasteiger partial charge in [0.1, 0.15) is 11.6 Å². The third kappa shape index (κ3) is 7.87. The van der Waals surface area contributed by atoms with Crippen LogP contribution in [0.2, 0.25) is 10.0 Å². The van der Waals surface area contributed by atoms with Crippen molar-refractivity contribution in [3.8, 4) is 11.3 Å². The SMILES string of the molecule is CC(C)Cc1sc(NCC(NC(=O)OC(C)(C)C)C(=O)O)nc1-c1ccc(Cl)c(Cl)c1. The molecule has 3 N–H and O–H groups in total. The van der Waals surface area contributed by atoms with Crippen LogP contribution in [0.4, 0.5) is 9.93 Å². The largest absolute Gasteiger partial charge is 0.480 e. The number of rotatable bonds is 8. The number of carboxylic acid groups (broad SMARTS) is 1. The van der Waals surface area contributed by atoms with Crippen molar-refractivity contribution in [2.24, 2.45) is 5.92 Å². The number of amides is 1. The summed E-state index contributed by atoms with van der Waals surface area (Å²) in [4.78, 5) is 29.2. The minimum absolute atomic E-state index is 0.0516. The first-order valence-electron chi connectivity index (χ1n) is 9.77. The van der Waals surface area contributed by atoms with E-state index in [1.807, 2.05) is 6.07 Å². The first-order chi connectivity index (χ1) is 14.4. The van der Waals surface area contributed by atoms with Gasteiger partial charge in [0.2, 0.25) is 0 Å². The minimum atomic E-state index is -1.18. The summed E-state index contributed by atoms with van der Waals surface area (Å²) in [5.41, 5.74) is 0.874. The molecule has 1 heterocycles. The molecule has 0 saturated heterocycles. The van der Waals surface area contributed by atoms with E-state index in [4.69, 9.17) is 27.9 Å². The fourth-order valence-corrected chi connectivity index (χ4v) is 4.15. The van der Waals surface area contributed by atoms with Gasteiger partial charge in [-0.25, -0.2) is 14.6 Å². The first-order valence-corrected chi connectivity index (χ1v) is 11.3. The monoisotopic (exact) mass is 487 g/mol. The van der Waals surface area contributed by atoms with Crippen molar-refractivity contribution in [2.75, 3.05) is 11.9 Å². The molecular weight excluding hydrogens is 461 g/mol. The number of thiazole rings is 1. The van der Waals surface area contributed by atoms with E-state index in [1.54, 1.807) is 32.9 Å². The maximum Gasteiger partial charge on any atom is 0.408 e. The lowest BCUT2D eigenvalue weighted by atomic mass is 10.0. The minimum Gasteiger partial charge on any atom is -0.480 e. The van der Waals surface area contributed by atoms with E-state index >= 15 is 0 Å². The normalized spacial score (nSPS) is 12.5. The number of benzene rings is 1. The molecule has 2 aromatic rings. The molecule has 0 radical (unpaired) electrons. The Morgan fingerprint density at radius 3 is 2.45 bits per heavy atom. The zero-order valence-corrected chi connectivity index (χ0v) is 20.4. The number of aromatic nitrogens is 1. The van der Waals surface area contributed by atoms with Crippen molar-refractivity contribution in [3.63, 3.8) is 0 Å².